The van der Waals surface area contributed by atoms with Crippen LogP contribution in [0.1, 0.15) is 22.3 Å². The number of phenolic OH excluding ortho intramolecular Hbond substituents is 2. The van der Waals surface area contributed by atoms with Gasteiger partial charge in [0, 0.05) is 20.3 Å². The average molecular weight is 451 g/mol. The van der Waals surface area contributed by atoms with E-state index in [9.17, 15) is 15.0 Å². The summed E-state index contributed by atoms with van der Waals surface area (Å²) >= 11 is 0. The molecule has 0 atom stereocenters. The summed E-state index contributed by atoms with van der Waals surface area (Å²) < 4.78 is 28.0. The zero-order chi connectivity index (χ0) is 22.5. The van der Waals surface area contributed by atoms with Gasteiger partial charge in [-0.25, -0.2) is 4.79 Å². The van der Waals surface area contributed by atoms with E-state index < -0.39 is 14.8 Å². The number of carbonyl (C=O) groups excluding carboxylic acids is 1. The van der Waals surface area contributed by atoms with E-state index >= 15 is 0 Å². The van der Waals surface area contributed by atoms with E-state index in [1.165, 1.54) is 24.3 Å². The minimum atomic E-state index is -3.42. The van der Waals surface area contributed by atoms with E-state index in [-0.39, 0.29) is 24.7 Å². The number of hydrogen-bond donors (Lipinski definition) is 2. The monoisotopic (exact) mass is 450 g/mol. The van der Waals surface area contributed by atoms with Gasteiger partial charge in [-0.3, -0.25) is 0 Å². The first-order chi connectivity index (χ1) is 15.0. The quantitative estimate of drug-likeness (QED) is 0.334. The molecule has 0 amide bonds. The van der Waals surface area contributed by atoms with Crippen molar-refractivity contribution in [2.24, 2.45) is 0 Å². The Hall–Kier alpha value is -2.43. The van der Waals surface area contributed by atoms with Crippen LogP contribution < -0.4 is 0 Å². The summed E-state index contributed by atoms with van der Waals surface area (Å²) in [5, 5.41) is 18.9. The molecular weight excluding hydrogens is 420 g/mol. The summed E-state index contributed by atoms with van der Waals surface area (Å²) in [5.74, 6) is -0.311. The fraction of sp³-hybridized carbons (Fsp3) is 0.409. The lowest BCUT2D eigenvalue weighted by molar-refractivity contribution is 0.0226. The molecule has 0 spiro atoms. The standard InChI is InChI=1S/C22H30O8Si/c1-26-13-15-28-31(29-16-14-27-2,17-3-4-18-5-9-20(23)10-6-18)30-22(25)19-7-11-21(24)12-8-19/h5-12,23-24H,3-4,13-17H2,1-2H3. The maximum Gasteiger partial charge on any atom is 0.568 e. The van der Waals surface area contributed by atoms with Crippen molar-refractivity contribution >= 4 is 14.8 Å². The van der Waals surface area contributed by atoms with Crippen molar-refractivity contribution in [2.75, 3.05) is 40.6 Å². The second-order valence-electron chi connectivity index (χ2n) is 6.82. The fourth-order valence-electron chi connectivity index (χ4n) is 2.83. The lowest BCUT2D eigenvalue weighted by atomic mass is 10.1. The first-order valence-corrected chi connectivity index (χ1v) is 12.0. The minimum absolute atomic E-state index is 0.0571. The number of phenols is 2. The second-order valence-corrected chi connectivity index (χ2v) is 9.47. The highest BCUT2D eigenvalue weighted by atomic mass is 28.4. The van der Waals surface area contributed by atoms with Crippen LogP contribution in [0, 0.1) is 0 Å². The zero-order valence-electron chi connectivity index (χ0n) is 17.9. The highest BCUT2D eigenvalue weighted by molar-refractivity contribution is 6.62. The lowest BCUT2D eigenvalue weighted by Gasteiger charge is -2.29. The van der Waals surface area contributed by atoms with Crippen LogP contribution in [0.15, 0.2) is 48.5 Å². The number of ether oxygens (including phenoxy) is 2. The first kappa shape index (κ1) is 24.8. The molecule has 0 aromatic heterocycles. The number of aromatic hydroxyl groups is 2. The van der Waals surface area contributed by atoms with Crippen LogP contribution >= 0.6 is 0 Å². The molecule has 0 heterocycles. The number of methoxy groups -OCH3 is 2. The van der Waals surface area contributed by atoms with E-state index in [1.807, 2.05) is 12.1 Å². The Labute approximate surface area is 183 Å². The maximum absolute atomic E-state index is 12.8. The van der Waals surface area contributed by atoms with Gasteiger partial charge in [0.05, 0.1) is 32.0 Å². The van der Waals surface area contributed by atoms with E-state index in [0.29, 0.717) is 37.7 Å². The van der Waals surface area contributed by atoms with Crippen molar-refractivity contribution in [3.8, 4) is 11.5 Å². The molecule has 0 aliphatic carbocycles. The molecule has 0 saturated heterocycles. The number of rotatable bonds is 14. The molecule has 9 heteroatoms. The Balaban J connectivity index is 2.14. The Morgan fingerprint density at radius 2 is 1.32 bits per heavy atom. The Morgan fingerprint density at radius 1 is 0.806 bits per heavy atom. The maximum atomic E-state index is 12.8. The molecule has 2 aromatic rings. The molecule has 0 saturated carbocycles. The zero-order valence-corrected chi connectivity index (χ0v) is 18.9. The van der Waals surface area contributed by atoms with Crippen molar-refractivity contribution in [2.45, 2.75) is 18.9 Å². The molecule has 8 nitrogen and oxygen atoms in total. The smallest absolute Gasteiger partial charge is 0.508 e. The predicted octanol–water partition coefficient (Wildman–Crippen LogP) is 3.15. The van der Waals surface area contributed by atoms with Gasteiger partial charge in [-0.15, -0.1) is 0 Å². The minimum Gasteiger partial charge on any atom is -0.508 e. The lowest BCUT2D eigenvalue weighted by Crippen LogP contribution is -2.48. The van der Waals surface area contributed by atoms with E-state index in [2.05, 4.69) is 0 Å². The van der Waals surface area contributed by atoms with Crippen LogP contribution in [0.2, 0.25) is 6.04 Å². The third-order valence-corrected chi connectivity index (χ3v) is 7.21. The van der Waals surface area contributed by atoms with Gasteiger partial charge >= 0.3 is 14.8 Å². The molecule has 0 fully saturated rings. The van der Waals surface area contributed by atoms with Crippen LogP contribution in [0.25, 0.3) is 0 Å². The molecule has 2 aromatic carbocycles. The van der Waals surface area contributed by atoms with Crippen LogP contribution in [0.4, 0.5) is 0 Å². The molecule has 0 bridgehead atoms. The molecule has 0 aliphatic heterocycles. The van der Waals surface area contributed by atoms with Crippen LogP contribution in [0.3, 0.4) is 0 Å². The van der Waals surface area contributed by atoms with Gasteiger partial charge in [-0.1, -0.05) is 12.1 Å². The molecule has 0 radical (unpaired) electrons. The van der Waals surface area contributed by atoms with Gasteiger partial charge < -0.3 is 33.0 Å². The number of hydrogen-bond acceptors (Lipinski definition) is 8. The molecule has 31 heavy (non-hydrogen) atoms. The van der Waals surface area contributed by atoms with Crippen molar-refractivity contribution < 1.29 is 37.8 Å². The summed E-state index contributed by atoms with van der Waals surface area (Å²) in [4.78, 5) is 12.8. The van der Waals surface area contributed by atoms with E-state index in [0.717, 1.165) is 5.56 Å². The first-order valence-electron chi connectivity index (χ1n) is 10.0. The largest absolute Gasteiger partial charge is 0.568 e. The van der Waals surface area contributed by atoms with Crippen molar-refractivity contribution in [1.29, 1.82) is 0 Å². The number of benzene rings is 2. The van der Waals surface area contributed by atoms with Crippen molar-refractivity contribution in [1.82, 2.24) is 0 Å². The molecule has 170 valence electrons. The topological polar surface area (TPSA) is 104 Å². The number of aryl methyl sites for hydroxylation is 1. The highest BCUT2D eigenvalue weighted by Crippen LogP contribution is 2.23. The summed E-state index contributed by atoms with van der Waals surface area (Å²) in [6.45, 7) is 1.10. The number of carbonyl (C=O) groups is 1. The molecule has 2 rings (SSSR count). The molecular formula is C22H30O8Si. The van der Waals surface area contributed by atoms with Gasteiger partial charge in [-0.2, -0.15) is 0 Å². The summed E-state index contributed by atoms with van der Waals surface area (Å²) in [7, 11) is -0.293. The average Bonchev–Trinajstić information content (AvgIpc) is 2.76. The van der Waals surface area contributed by atoms with Crippen LogP contribution in [-0.2, 0) is 29.2 Å². The van der Waals surface area contributed by atoms with E-state index in [4.69, 9.17) is 22.8 Å². The Bertz CT molecular complexity index is 769. The third kappa shape index (κ3) is 8.68. The van der Waals surface area contributed by atoms with Gasteiger partial charge in [0.25, 0.3) is 0 Å². The van der Waals surface area contributed by atoms with Gasteiger partial charge in [0.2, 0.25) is 0 Å². The molecule has 0 aliphatic rings. The summed E-state index contributed by atoms with van der Waals surface area (Å²) in [5.41, 5.74) is 1.33. The highest BCUT2D eigenvalue weighted by Gasteiger charge is 2.45. The van der Waals surface area contributed by atoms with E-state index in [1.54, 1.807) is 26.4 Å². The third-order valence-electron chi connectivity index (χ3n) is 4.45. The van der Waals surface area contributed by atoms with Crippen LogP contribution in [0.5, 0.6) is 11.5 Å². The predicted molar refractivity (Wildman–Crippen MR) is 116 cm³/mol. The Kier molecular flexibility index (Phi) is 10.5. The van der Waals surface area contributed by atoms with Crippen LogP contribution in [-0.4, -0.2) is 65.6 Å². The summed E-state index contributed by atoms with van der Waals surface area (Å²) in [6, 6.07) is 13.2. The van der Waals surface area contributed by atoms with Crippen molar-refractivity contribution in [3.05, 3.63) is 59.7 Å². The van der Waals surface area contributed by atoms with Gasteiger partial charge in [-0.05, 0) is 54.8 Å². The SMILES string of the molecule is COCCO[Si](CCCc1ccc(O)cc1)(OCCOC)OC(=O)c1ccc(O)cc1. The normalized spacial score (nSPS) is 11.4. The second kappa shape index (κ2) is 13.1. The van der Waals surface area contributed by atoms with Gasteiger partial charge in [0.15, 0.2) is 0 Å². The Morgan fingerprint density at radius 3 is 1.84 bits per heavy atom. The fourth-order valence-corrected chi connectivity index (χ4v) is 5.22. The molecule has 0 unspecified atom stereocenters. The van der Waals surface area contributed by atoms with Crippen molar-refractivity contribution in [3.63, 3.8) is 0 Å². The van der Waals surface area contributed by atoms with Gasteiger partial charge in [0.1, 0.15) is 11.5 Å². The molecule has 2 N–H and O–H groups in total. The summed E-state index contributed by atoms with van der Waals surface area (Å²) in [6.07, 6.45) is 1.35.